The molecule has 0 aliphatic heterocycles. The van der Waals surface area contributed by atoms with Gasteiger partial charge < -0.3 is 0 Å². The van der Waals surface area contributed by atoms with E-state index in [9.17, 15) is 0 Å². The van der Waals surface area contributed by atoms with Gasteiger partial charge in [-0.25, -0.2) is 0 Å². The standard InChI is InChI=1S/C38H26S4/c1-5-13-27(14-6-1)39-31-21-23-33-35(25-31)37(41-29-17-9-3-10-18-29)34-24-22-32(40-28-15-7-2-8-16-28)26-36(34)38(33)42-30-19-11-4-12-20-30/h1-26H. The summed E-state index contributed by atoms with van der Waals surface area (Å²) in [6, 6.07) is 56.8. The van der Waals surface area contributed by atoms with Crippen molar-refractivity contribution in [1.29, 1.82) is 0 Å². The molecule has 0 radical (unpaired) electrons. The van der Waals surface area contributed by atoms with Gasteiger partial charge >= 0.3 is 0 Å². The highest BCUT2D eigenvalue weighted by molar-refractivity contribution is 8.00. The van der Waals surface area contributed by atoms with Crippen molar-refractivity contribution in [1.82, 2.24) is 0 Å². The molecule has 42 heavy (non-hydrogen) atoms. The molecule has 0 amide bonds. The molecule has 0 aliphatic carbocycles. The third-order valence-corrected chi connectivity index (χ3v) is 11.1. The molecule has 7 aromatic carbocycles. The first-order valence-corrected chi connectivity index (χ1v) is 17.0. The largest absolute Gasteiger partial charge is 0.0901 e. The van der Waals surface area contributed by atoms with Crippen LogP contribution in [0.3, 0.4) is 0 Å². The molecular formula is C38H26S4. The van der Waals surface area contributed by atoms with Gasteiger partial charge in [0, 0.05) is 39.2 Å². The summed E-state index contributed by atoms with van der Waals surface area (Å²) < 4.78 is 0. The highest BCUT2D eigenvalue weighted by Gasteiger charge is 2.18. The lowest BCUT2D eigenvalue weighted by atomic mass is 10.0. The summed E-state index contributed by atoms with van der Waals surface area (Å²) in [6.07, 6.45) is 0. The van der Waals surface area contributed by atoms with E-state index in [4.69, 9.17) is 0 Å². The van der Waals surface area contributed by atoms with Crippen LogP contribution in [-0.4, -0.2) is 0 Å². The molecule has 0 saturated heterocycles. The van der Waals surface area contributed by atoms with Crippen LogP contribution in [0.25, 0.3) is 21.5 Å². The Morgan fingerprint density at radius 2 is 0.548 bits per heavy atom. The van der Waals surface area contributed by atoms with Gasteiger partial charge in [0.05, 0.1) is 0 Å². The lowest BCUT2D eigenvalue weighted by Crippen LogP contribution is -1.90. The summed E-state index contributed by atoms with van der Waals surface area (Å²) in [4.78, 5) is 10.1. The summed E-state index contributed by atoms with van der Waals surface area (Å²) in [5, 5.41) is 5.15. The first-order chi connectivity index (χ1) is 20.8. The van der Waals surface area contributed by atoms with Crippen LogP contribution < -0.4 is 0 Å². The van der Waals surface area contributed by atoms with Crippen LogP contribution in [0.1, 0.15) is 0 Å². The van der Waals surface area contributed by atoms with Gasteiger partial charge in [-0.2, -0.15) is 0 Å². The van der Waals surface area contributed by atoms with Crippen LogP contribution in [0.15, 0.2) is 197 Å². The fourth-order valence-electron chi connectivity index (χ4n) is 4.92. The van der Waals surface area contributed by atoms with E-state index in [0.717, 1.165) is 0 Å². The number of benzene rings is 7. The molecule has 0 spiro atoms. The van der Waals surface area contributed by atoms with Crippen molar-refractivity contribution in [3.05, 3.63) is 158 Å². The van der Waals surface area contributed by atoms with Crippen LogP contribution >= 0.6 is 47.0 Å². The first-order valence-electron chi connectivity index (χ1n) is 13.8. The number of hydrogen-bond donors (Lipinski definition) is 0. The van der Waals surface area contributed by atoms with Gasteiger partial charge in [-0.15, -0.1) is 0 Å². The van der Waals surface area contributed by atoms with Crippen molar-refractivity contribution in [3.8, 4) is 0 Å². The molecular weight excluding hydrogens is 585 g/mol. The summed E-state index contributed by atoms with van der Waals surface area (Å²) in [6.45, 7) is 0. The Hall–Kier alpha value is -3.54. The molecule has 7 aromatic rings. The first kappa shape index (κ1) is 27.3. The molecule has 0 atom stereocenters. The number of rotatable bonds is 8. The zero-order chi connectivity index (χ0) is 28.1. The summed E-state index contributed by atoms with van der Waals surface area (Å²) in [5.74, 6) is 0. The van der Waals surface area contributed by atoms with E-state index >= 15 is 0 Å². The third kappa shape index (κ3) is 6.13. The van der Waals surface area contributed by atoms with Crippen LogP contribution in [0.5, 0.6) is 0 Å². The second kappa shape index (κ2) is 12.8. The fourth-order valence-corrected chi connectivity index (χ4v) is 8.87. The zero-order valence-electron chi connectivity index (χ0n) is 22.6. The van der Waals surface area contributed by atoms with Gasteiger partial charge in [0.25, 0.3) is 0 Å². The Kier molecular flexibility index (Phi) is 8.30. The molecule has 0 saturated carbocycles. The predicted molar refractivity (Wildman–Crippen MR) is 184 cm³/mol. The Bertz CT molecular complexity index is 1810. The molecule has 0 fully saturated rings. The minimum absolute atomic E-state index is 1.24. The van der Waals surface area contributed by atoms with E-state index in [-0.39, 0.29) is 0 Å². The van der Waals surface area contributed by atoms with Gasteiger partial charge in [0.15, 0.2) is 0 Å². The Labute approximate surface area is 264 Å². The topological polar surface area (TPSA) is 0 Å². The normalized spacial score (nSPS) is 11.2. The number of hydrogen-bond acceptors (Lipinski definition) is 4. The SMILES string of the molecule is c1ccc(Sc2ccc3c(Sc4ccccc4)c4cc(Sc5ccccc5)ccc4c(Sc4ccccc4)c3c2)cc1. The molecule has 4 heteroatoms. The van der Waals surface area contributed by atoms with Crippen molar-refractivity contribution in [3.63, 3.8) is 0 Å². The van der Waals surface area contributed by atoms with Gasteiger partial charge in [-0.1, -0.05) is 132 Å². The van der Waals surface area contributed by atoms with E-state index in [1.165, 1.54) is 60.7 Å². The van der Waals surface area contributed by atoms with Crippen molar-refractivity contribution in [2.75, 3.05) is 0 Å². The van der Waals surface area contributed by atoms with E-state index in [2.05, 4.69) is 158 Å². The van der Waals surface area contributed by atoms with Gasteiger partial charge in [0.1, 0.15) is 0 Å². The summed E-state index contributed by atoms with van der Waals surface area (Å²) >= 11 is 7.36. The van der Waals surface area contributed by atoms with E-state index < -0.39 is 0 Å². The maximum atomic E-state index is 2.39. The van der Waals surface area contributed by atoms with Crippen molar-refractivity contribution < 1.29 is 0 Å². The molecule has 7 rings (SSSR count). The molecule has 0 heterocycles. The van der Waals surface area contributed by atoms with Crippen LogP contribution in [0.4, 0.5) is 0 Å². The van der Waals surface area contributed by atoms with Crippen molar-refractivity contribution in [2.24, 2.45) is 0 Å². The quantitative estimate of drug-likeness (QED) is 0.157. The van der Waals surface area contributed by atoms with Gasteiger partial charge in [0.2, 0.25) is 0 Å². The highest BCUT2D eigenvalue weighted by Crippen LogP contribution is 2.48. The predicted octanol–water partition coefficient (Wildman–Crippen LogP) is 12.6. The van der Waals surface area contributed by atoms with E-state index in [0.29, 0.717) is 0 Å². The van der Waals surface area contributed by atoms with Crippen LogP contribution in [-0.2, 0) is 0 Å². The minimum atomic E-state index is 1.24. The third-order valence-electron chi connectivity index (χ3n) is 6.84. The monoisotopic (exact) mass is 610 g/mol. The molecule has 202 valence electrons. The zero-order valence-corrected chi connectivity index (χ0v) is 25.9. The minimum Gasteiger partial charge on any atom is -0.0901 e. The Balaban J connectivity index is 1.45. The maximum absolute atomic E-state index is 2.39. The summed E-state index contributed by atoms with van der Waals surface area (Å²) in [5.41, 5.74) is 0. The second-order valence-electron chi connectivity index (χ2n) is 9.73. The smallest absolute Gasteiger partial charge is 0.0280 e. The Morgan fingerprint density at radius 1 is 0.238 bits per heavy atom. The average molecular weight is 611 g/mol. The maximum Gasteiger partial charge on any atom is 0.0280 e. The van der Waals surface area contributed by atoms with E-state index in [1.54, 1.807) is 0 Å². The summed E-state index contributed by atoms with van der Waals surface area (Å²) in [7, 11) is 0. The lowest BCUT2D eigenvalue weighted by Gasteiger charge is -2.18. The molecule has 0 unspecified atom stereocenters. The van der Waals surface area contributed by atoms with E-state index in [1.807, 2.05) is 47.0 Å². The second-order valence-corrected chi connectivity index (χ2v) is 14.2. The van der Waals surface area contributed by atoms with Crippen molar-refractivity contribution >= 4 is 68.6 Å². The van der Waals surface area contributed by atoms with Crippen LogP contribution in [0.2, 0.25) is 0 Å². The molecule has 0 aliphatic rings. The molecule has 0 bridgehead atoms. The fraction of sp³-hybridized carbons (Fsp3) is 0. The van der Waals surface area contributed by atoms with Crippen molar-refractivity contribution in [2.45, 2.75) is 39.2 Å². The average Bonchev–Trinajstić information content (AvgIpc) is 3.04. The van der Waals surface area contributed by atoms with Gasteiger partial charge in [-0.05, 0) is 94.3 Å². The molecule has 0 N–H and O–H groups in total. The lowest BCUT2D eigenvalue weighted by molar-refractivity contribution is 1.38. The molecule has 0 nitrogen and oxygen atoms in total. The van der Waals surface area contributed by atoms with Gasteiger partial charge in [-0.3, -0.25) is 0 Å². The number of fused-ring (bicyclic) bond motifs is 2. The Morgan fingerprint density at radius 3 is 0.881 bits per heavy atom. The van der Waals surface area contributed by atoms with Crippen LogP contribution in [0, 0.1) is 0 Å². The molecule has 0 aromatic heterocycles. The highest BCUT2D eigenvalue weighted by atomic mass is 32.2.